The summed E-state index contributed by atoms with van der Waals surface area (Å²) >= 11 is 0. The highest BCUT2D eigenvalue weighted by molar-refractivity contribution is 5.97. The normalized spacial score (nSPS) is 14.4. The number of carbonyl (C=O) groups is 1. The minimum Gasteiger partial charge on any atom is -0.322 e. The zero-order valence-corrected chi connectivity index (χ0v) is 8.75. The number of carbonyl (C=O) groups excluding carboxylic acids is 1. The lowest BCUT2D eigenvalue weighted by atomic mass is 9.99. The Hall–Kier alpha value is -1.49. The molecule has 1 atom stereocenters. The summed E-state index contributed by atoms with van der Waals surface area (Å²) in [7, 11) is 0. The molecule has 0 radical (unpaired) electrons. The highest BCUT2D eigenvalue weighted by atomic mass is 19.1. The number of nitrogens with one attached hydrogen (secondary N) is 1. The molecule has 0 aromatic carbocycles. The van der Waals surface area contributed by atoms with E-state index in [-0.39, 0.29) is 5.69 Å². The molecule has 0 bridgehead atoms. The standard InChI is InChI=1S/C10H14FN3O/c1-3-10(2,12)9(15)14-8-4-5-13-6-7(8)11/h4-6H,3,12H2,1-2H3,(H,13,14,15). The predicted molar refractivity (Wildman–Crippen MR) is 55.7 cm³/mol. The topological polar surface area (TPSA) is 68.0 Å². The minimum absolute atomic E-state index is 0.0973. The average Bonchev–Trinajstić information content (AvgIpc) is 2.21. The molecule has 1 amide bonds. The van der Waals surface area contributed by atoms with E-state index in [0.29, 0.717) is 6.42 Å². The number of anilines is 1. The maximum atomic E-state index is 13.1. The van der Waals surface area contributed by atoms with Crippen LogP contribution < -0.4 is 11.1 Å². The first-order valence-corrected chi connectivity index (χ1v) is 4.67. The summed E-state index contributed by atoms with van der Waals surface area (Å²) in [5.41, 5.74) is 4.81. The number of nitrogens with two attached hydrogens (primary N) is 1. The van der Waals surface area contributed by atoms with Crippen molar-refractivity contribution in [3.63, 3.8) is 0 Å². The number of pyridine rings is 1. The monoisotopic (exact) mass is 211 g/mol. The van der Waals surface area contributed by atoms with Crippen LogP contribution in [0.4, 0.5) is 10.1 Å². The van der Waals surface area contributed by atoms with Crippen LogP contribution in [-0.4, -0.2) is 16.4 Å². The van der Waals surface area contributed by atoms with Gasteiger partial charge in [0.05, 0.1) is 17.4 Å². The van der Waals surface area contributed by atoms with Gasteiger partial charge in [0, 0.05) is 6.20 Å². The van der Waals surface area contributed by atoms with Crippen LogP contribution in [0.15, 0.2) is 18.5 Å². The van der Waals surface area contributed by atoms with E-state index < -0.39 is 17.3 Å². The lowest BCUT2D eigenvalue weighted by molar-refractivity contribution is -0.120. The Morgan fingerprint density at radius 1 is 1.73 bits per heavy atom. The first kappa shape index (κ1) is 11.6. The van der Waals surface area contributed by atoms with Crippen molar-refractivity contribution in [3.05, 3.63) is 24.3 Å². The summed E-state index contributed by atoms with van der Waals surface area (Å²) in [6, 6.07) is 1.39. The molecule has 1 unspecified atom stereocenters. The molecule has 1 aromatic rings. The van der Waals surface area contributed by atoms with Gasteiger partial charge in [-0.2, -0.15) is 0 Å². The third-order valence-corrected chi connectivity index (χ3v) is 2.27. The van der Waals surface area contributed by atoms with E-state index in [1.165, 1.54) is 12.3 Å². The first-order chi connectivity index (χ1) is 6.97. The quantitative estimate of drug-likeness (QED) is 0.791. The van der Waals surface area contributed by atoms with Gasteiger partial charge in [-0.1, -0.05) is 6.92 Å². The van der Waals surface area contributed by atoms with Crippen LogP contribution >= 0.6 is 0 Å². The molecular weight excluding hydrogens is 197 g/mol. The second kappa shape index (κ2) is 4.35. The Kier molecular flexibility index (Phi) is 3.36. The van der Waals surface area contributed by atoms with Gasteiger partial charge in [0.1, 0.15) is 0 Å². The summed E-state index contributed by atoms with van der Waals surface area (Å²) in [5, 5.41) is 2.42. The van der Waals surface area contributed by atoms with Crippen molar-refractivity contribution in [2.24, 2.45) is 5.73 Å². The number of amides is 1. The maximum absolute atomic E-state index is 13.1. The van der Waals surface area contributed by atoms with E-state index in [9.17, 15) is 9.18 Å². The van der Waals surface area contributed by atoms with E-state index in [2.05, 4.69) is 10.3 Å². The summed E-state index contributed by atoms with van der Waals surface area (Å²) in [6.07, 6.45) is 2.92. The molecule has 1 rings (SSSR count). The molecule has 0 aliphatic carbocycles. The Morgan fingerprint density at radius 2 is 2.40 bits per heavy atom. The Labute approximate surface area is 87.7 Å². The van der Waals surface area contributed by atoms with Crippen molar-refractivity contribution in [3.8, 4) is 0 Å². The summed E-state index contributed by atoms with van der Waals surface area (Å²) in [5.74, 6) is -0.979. The fraction of sp³-hybridized carbons (Fsp3) is 0.400. The summed E-state index contributed by atoms with van der Waals surface area (Å²) in [6.45, 7) is 3.39. The van der Waals surface area contributed by atoms with Crippen LogP contribution in [0.2, 0.25) is 0 Å². The van der Waals surface area contributed by atoms with Gasteiger partial charge in [0.2, 0.25) is 5.91 Å². The van der Waals surface area contributed by atoms with Gasteiger partial charge >= 0.3 is 0 Å². The largest absolute Gasteiger partial charge is 0.322 e. The van der Waals surface area contributed by atoms with E-state index in [0.717, 1.165) is 6.20 Å². The Morgan fingerprint density at radius 3 is 2.93 bits per heavy atom. The van der Waals surface area contributed by atoms with Crippen molar-refractivity contribution < 1.29 is 9.18 Å². The SMILES string of the molecule is CCC(C)(N)C(=O)Nc1ccncc1F. The molecular formula is C10H14FN3O. The number of halogens is 1. The van der Waals surface area contributed by atoms with E-state index >= 15 is 0 Å². The molecule has 0 fully saturated rings. The third kappa shape index (κ3) is 2.73. The minimum atomic E-state index is -0.990. The Balaban J connectivity index is 2.80. The molecule has 1 heterocycles. The van der Waals surface area contributed by atoms with Gasteiger partial charge in [-0.05, 0) is 19.4 Å². The van der Waals surface area contributed by atoms with Crippen molar-refractivity contribution in [1.29, 1.82) is 0 Å². The molecule has 0 saturated heterocycles. The van der Waals surface area contributed by atoms with Gasteiger partial charge in [-0.25, -0.2) is 4.39 Å². The van der Waals surface area contributed by atoms with Crippen molar-refractivity contribution in [1.82, 2.24) is 4.98 Å². The fourth-order valence-electron chi connectivity index (χ4n) is 0.902. The molecule has 15 heavy (non-hydrogen) atoms. The number of nitrogens with zero attached hydrogens (tertiary/aromatic N) is 1. The fourth-order valence-corrected chi connectivity index (χ4v) is 0.902. The number of hydrogen-bond donors (Lipinski definition) is 2. The number of rotatable bonds is 3. The molecule has 5 heteroatoms. The highest BCUT2D eigenvalue weighted by Crippen LogP contribution is 2.14. The highest BCUT2D eigenvalue weighted by Gasteiger charge is 2.26. The molecule has 4 nitrogen and oxygen atoms in total. The van der Waals surface area contributed by atoms with Crippen molar-refractivity contribution in [2.45, 2.75) is 25.8 Å². The van der Waals surface area contributed by atoms with Crippen LogP contribution in [0.5, 0.6) is 0 Å². The number of hydrogen-bond acceptors (Lipinski definition) is 3. The van der Waals surface area contributed by atoms with Crippen LogP contribution in [0.3, 0.4) is 0 Å². The maximum Gasteiger partial charge on any atom is 0.244 e. The third-order valence-electron chi connectivity index (χ3n) is 2.27. The van der Waals surface area contributed by atoms with Crippen LogP contribution in [0.1, 0.15) is 20.3 Å². The second-order valence-corrected chi connectivity index (χ2v) is 3.58. The van der Waals surface area contributed by atoms with Gasteiger partial charge in [0.15, 0.2) is 5.82 Å². The van der Waals surface area contributed by atoms with Crippen molar-refractivity contribution in [2.75, 3.05) is 5.32 Å². The zero-order valence-electron chi connectivity index (χ0n) is 8.75. The zero-order chi connectivity index (χ0) is 11.5. The van der Waals surface area contributed by atoms with Gasteiger partial charge in [-0.3, -0.25) is 9.78 Å². The average molecular weight is 211 g/mol. The lowest BCUT2D eigenvalue weighted by Gasteiger charge is -2.21. The van der Waals surface area contributed by atoms with Crippen LogP contribution in [0, 0.1) is 5.82 Å². The van der Waals surface area contributed by atoms with E-state index in [4.69, 9.17) is 5.73 Å². The molecule has 1 aromatic heterocycles. The number of aromatic nitrogens is 1. The van der Waals surface area contributed by atoms with E-state index in [1.54, 1.807) is 13.8 Å². The van der Waals surface area contributed by atoms with Gasteiger partial charge in [-0.15, -0.1) is 0 Å². The first-order valence-electron chi connectivity index (χ1n) is 4.67. The lowest BCUT2D eigenvalue weighted by Crippen LogP contribution is -2.47. The Bertz CT molecular complexity index is 365. The smallest absolute Gasteiger partial charge is 0.244 e. The van der Waals surface area contributed by atoms with Crippen LogP contribution in [-0.2, 0) is 4.79 Å². The van der Waals surface area contributed by atoms with Crippen molar-refractivity contribution >= 4 is 11.6 Å². The molecule has 82 valence electrons. The summed E-state index contributed by atoms with van der Waals surface area (Å²) < 4.78 is 13.1. The van der Waals surface area contributed by atoms with Gasteiger partial charge in [0.25, 0.3) is 0 Å². The van der Waals surface area contributed by atoms with Gasteiger partial charge < -0.3 is 11.1 Å². The molecule has 0 aliphatic rings. The molecule has 0 saturated carbocycles. The summed E-state index contributed by atoms with van der Waals surface area (Å²) in [4.78, 5) is 15.2. The second-order valence-electron chi connectivity index (χ2n) is 3.58. The molecule has 0 spiro atoms. The predicted octanol–water partition coefficient (Wildman–Crippen LogP) is 1.29. The van der Waals surface area contributed by atoms with Crippen LogP contribution in [0.25, 0.3) is 0 Å². The molecule has 0 aliphatic heterocycles. The van der Waals surface area contributed by atoms with E-state index in [1.807, 2.05) is 0 Å². The molecule has 3 N–H and O–H groups in total.